The summed E-state index contributed by atoms with van der Waals surface area (Å²) < 4.78 is 10.9. The van der Waals surface area contributed by atoms with Gasteiger partial charge >= 0.3 is 0 Å². The van der Waals surface area contributed by atoms with Crippen LogP contribution in [0.2, 0.25) is 0 Å². The van der Waals surface area contributed by atoms with Gasteiger partial charge in [-0.3, -0.25) is 9.78 Å². The number of aryl methyl sites for hydroxylation is 1. The third-order valence-corrected chi connectivity index (χ3v) is 5.93. The van der Waals surface area contributed by atoms with Gasteiger partial charge in [0.15, 0.2) is 0 Å². The van der Waals surface area contributed by atoms with Crippen LogP contribution in [0.1, 0.15) is 54.3 Å². The fraction of sp³-hybridized carbons (Fsp3) is 0.600. The van der Waals surface area contributed by atoms with Gasteiger partial charge in [0.05, 0.1) is 0 Å². The molecule has 1 amide bonds. The number of ether oxygens (including phenoxy) is 1. The largest absolute Gasteiger partial charge is 0.381 e. The minimum absolute atomic E-state index is 0.0940. The number of hydrogen-bond acceptors (Lipinski definition) is 6. The average Bonchev–Trinajstić information content (AvgIpc) is 3.45. The van der Waals surface area contributed by atoms with Gasteiger partial charge in [0.25, 0.3) is 0 Å². The van der Waals surface area contributed by atoms with Crippen molar-refractivity contribution in [3.63, 3.8) is 0 Å². The Morgan fingerprint density at radius 3 is 2.81 bits per heavy atom. The molecular formula is C20H24N4O3. The van der Waals surface area contributed by atoms with E-state index in [9.17, 15) is 4.79 Å². The molecule has 0 atom stereocenters. The minimum Gasteiger partial charge on any atom is -0.381 e. The molecule has 4 heterocycles. The van der Waals surface area contributed by atoms with E-state index >= 15 is 0 Å². The van der Waals surface area contributed by atoms with Crippen LogP contribution >= 0.6 is 0 Å². The molecule has 7 heteroatoms. The lowest BCUT2D eigenvalue weighted by Gasteiger charge is -2.33. The molecular weight excluding hydrogens is 344 g/mol. The van der Waals surface area contributed by atoms with E-state index in [1.165, 1.54) is 5.56 Å². The first-order chi connectivity index (χ1) is 13.2. The Morgan fingerprint density at radius 2 is 2.04 bits per heavy atom. The number of pyridine rings is 1. The van der Waals surface area contributed by atoms with E-state index in [4.69, 9.17) is 9.26 Å². The van der Waals surface area contributed by atoms with Gasteiger partial charge in [-0.05, 0) is 50.2 Å². The predicted octanol–water partition coefficient (Wildman–Crippen LogP) is 2.63. The molecule has 7 nitrogen and oxygen atoms in total. The van der Waals surface area contributed by atoms with Crippen LogP contribution in [0.4, 0.5) is 0 Å². The summed E-state index contributed by atoms with van der Waals surface area (Å²) in [5.74, 6) is 2.17. The maximum atomic E-state index is 12.9. The molecule has 1 saturated carbocycles. The second-order valence-electron chi connectivity index (χ2n) is 7.85. The fourth-order valence-electron chi connectivity index (χ4n) is 4.17. The molecule has 1 saturated heterocycles. The van der Waals surface area contributed by atoms with Crippen LogP contribution in [0.3, 0.4) is 0 Å². The molecule has 27 heavy (non-hydrogen) atoms. The lowest BCUT2D eigenvalue weighted by Crippen LogP contribution is -2.41. The Morgan fingerprint density at radius 1 is 1.22 bits per heavy atom. The van der Waals surface area contributed by atoms with Crippen molar-refractivity contribution >= 4 is 5.91 Å². The van der Waals surface area contributed by atoms with E-state index in [2.05, 4.69) is 15.1 Å². The van der Waals surface area contributed by atoms with Crippen molar-refractivity contribution in [2.75, 3.05) is 19.8 Å². The lowest BCUT2D eigenvalue weighted by molar-refractivity contribution is -0.139. The summed E-state index contributed by atoms with van der Waals surface area (Å²) >= 11 is 0. The van der Waals surface area contributed by atoms with Gasteiger partial charge in [0.2, 0.25) is 17.6 Å². The van der Waals surface area contributed by atoms with Crippen LogP contribution in [-0.4, -0.2) is 45.7 Å². The summed E-state index contributed by atoms with van der Waals surface area (Å²) in [6, 6.07) is 0. The second-order valence-corrected chi connectivity index (χ2v) is 7.85. The molecule has 2 aliphatic heterocycles. The quantitative estimate of drug-likeness (QED) is 0.828. The van der Waals surface area contributed by atoms with Crippen molar-refractivity contribution in [3.05, 3.63) is 28.9 Å². The lowest BCUT2D eigenvalue weighted by atomic mass is 9.92. The molecule has 142 valence electrons. The number of amides is 1. The first kappa shape index (κ1) is 16.9. The molecule has 3 aliphatic rings. The number of fused-ring (bicyclic) bond motifs is 1. The summed E-state index contributed by atoms with van der Waals surface area (Å²) in [5.41, 5.74) is 4.21. The molecule has 2 aromatic heterocycles. The van der Waals surface area contributed by atoms with Gasteiger partial charge in [-0.1, -0.05) is 5.16 Å². The van der Waals surface area contributed by atoms with Crippen LogP contribution in [0.15, 0.2) is 10.7 Å². The summed E-state index contributed by atoms with van der Waals surface area (Å²) in [7, 11) is 0. The second kappa shape index (κ2) is 6.71. The van der Waals surface area contributed by atoms with E-state index in [0.29, 0.717) is 31.5 Å². The van der Waals surface area contributed by atoms with E-state index in [0.717, 1.165) is 61.4 Å². The molecule has 0 unspecified atom stereocenters. The average molecular weight is 368 g/mol. The molecule has 0 spiro atoms. The van der Waals surface area contributed by atoms with Gasteiger partial charge < -0.3 is 14.2 Å². The monoisotopic (exact) mass is 368 g/mol. The first-order valence-electron chi connectivity index (χ1n) is 9.88. The van der Waals surface area contributed by atoms with Gasteiger partial charge in [-0.2, -0.15) is 4.98 Å². The van der Waals surface area contributed by atoms with Crippen molar-refractivity contribution < 1.29 is 14.1 Å². The summed E-state index contributed by atoms with van der Waals surface area (Å²) in [6.07, 6.45) is 6.62. The number of carbonyl (C=O) groups excluding carboxylic acids is 1. The van der Waals surface area contributed by atoms with Crippen LogP contribution in [0.5, 0.6) is 0 Å². The molecule has 0 aromatic carbocycles. The molecule has 2 aromatic rings. The molecule has 0 bridgehead atoms. The summed E-state index contributed by atoms with van der Waals surface area (Å²) in [4.78, 5) is 24.0. The zero-order valence-electron chi connectivity index (χ0n) is 15.6. The predicted molar refractivity (Wildman–Crippen MR) is 96.9 cm³/mol. The van der Waals surface area contributed by atoms with Crippen molar-refractivity contribution in [2.24, 2.45) is 5.92 Å². The van der Waals surface area contributed by atoms with Crippen molar-refractivity contribution in [1.82, 2.24) is 20.0 Å². The molecule has 1 aliphatic carbocycles. The number of nitrogens with zero attached hydrogens (tertiary/aromatic N) is 4. The smallest absolute Gasteiger partial charge is 0.230 e. The zero-order chi connectivity index (χ0) is 18.4. The van der Waals surface area contributed by atoms with Gasteiger partial charge in [0, 0.05) is 55.6 Å². The van der Waals surface area contributed by atoms with Crippen LogP contribution < -0.4 is 0 Å². The van der Waals surface area contributed by atoms with Crippen molar-refractivity contribution in [3.8, 4) is 11.4 Å². The Balaban J connectivity index is 1.41. The maximum Gasteiger partial charge on any atom is 0.230 e. The van der Waals surface area contributed by atoms with E-state index in [1.54, 1.807) is 0 Å². The highest BCUT2D eigenvalue weighted by atomic mass is 16.5. The Kier molecular flexibility index (Phi) is 4.19. The Bertz CT molecular complexity index is 868. The Hall–Kier alpha value is -2.28. The molecule has 5 rings (SSSR count). The fourth-order valence-corrected chi connectivity index (χ4v) is 4.17. The first-order valence-corrected chi connectivity index (χ1v) is 9.88. The number of rotatable bonds is 3. The SMILES string of the molecule is Cc1ncc2c(c1-c1noc(C3CC3)n1)CCN(C(=O)C1CCOCC1)C2. The highest BCUT2D eigenvalue weighted by Crippen LogP contribution is 2.40. The van der Waals surface area contributed by atoms with Crippen LogP contribution in [0, 0.1) is 12.8 Å². The molecule has 0 N–H and O–H groups in total. The van der Waals surface area contributed by atoms with Crippen LogP contribution in [-0.2, 0) is 22.5 Å². The van der Waals surface area contributed by atoms with Crippen molar-refractivity contribution in [2.45, 2.75) is 51.5 Å². The molecule has 0 radical (unpaired) electrons. The third-order valence-electron chi connectivity index (χ3n) is 5.93. The summed E-state index contributed by atoms with van der Waals surface area (Å²) in [6.45, 7) is 4.70. The molecule has 2 fully saturated rings. The summed E-state index contributed by atoms with van der Waals surface area (Å²) in [5, 5.41) is 4.22. The van der Waals surface area contributed by atoms with E-state index < -0.39 is 0 Å². The van der Waals surface area contributed by atoms with Gasteiger partial charge in [0.1, 0.15) is 0 Å². The maximum absolute atomic E-state index is 12.9. The highest BCUT2D eigenvalue weighted by Gasteiger charge is 2.33. The van der Waals surface area contributed by atoms with Gasteiger partial charge in [-0.15, -0.1) is 0 Å². The third kappa shape index (κ3) is 3.14. The number of hydrogen-bond donors (Lipinski definition) is 0. The van der Waals surface area contributed by atoms with Crippen molar-refractivity contribution in [1.29, 1.82) is 0 Å². The normalized spacial score (nSPS) is 20.6. The Labute approximate surface area is 158 Å². The van der Waals surface area contributed by atoms with E-state index in [-0.39, 0.29) is 11.8 Å². The topological polar surface area (TPSA) is 81.4 Å². The standard InChI is InChI=1S/C20H24N4O3/c1-12-17(18-22-19(27-23-18)13-2-3-13)16-4-7-24(11-15(16)10-21-12)20(25)14-5-8-26-9-6-14/h10,13-14H,2-9,11H2,1H3. The van der Waals surface area contributed by atoms with E-state index in [1.807, 2.05) is 18.0 Å². The number of aromatic nitrogens is 3. The van der Waals surface area contributed by atoms with Gasteiger partial charge in [-0.25, -0.2) is 0 Å². The van der Waals surface area contributed by atoms with Crippen LogP contribution in [0.25, 0.3) is 11.4 Å². The number of carbonyl (C=O) groups is 1. The zero-order valence-corrected chi connectivity index (χ0v) is 15.6. The highest BCUT2D eigenvalue weighted by molar-refractivity contribution is 5.79. The minimum atomic E-state index is 0.0940.